The Balaban J connectivity index is 1.56. The Labute approximate surface area is 168 Å². The van der Waals surface area contributed by atoms with Gasteiger partial charge in [-0.1, -0.05) is 26.0 Å². The summed E-state index contributed by atoms with van der Waals surface area (Å²) in [6, 6.07) is 7.89. The number of carbonyl (C=O) groups excluding carboxylic acids is 1. The third-order valence-corrected chi connectivity index (χ3v) is 5.55. The van der Waals surface area contributed by atoms with E-state index in [1.165, 1.54) is 6.42 Å². The van der Waals surface area contributed by atoms with Gasteiger partial charge >= 0.3 is 0 Å². The highest BCUT2D eigenvalue weighted by atomic mass is 16.5. The molecule has 6 heteroatoms. The first kappa shape index (κ1) is 20.6. The first-order chi connectivity index (χ1) is 13.3. The SMILES string of the molecule is CN=C(NCc1ccc(C(=O)N2CC(C)OC(C)C2)cc1)N1CCC(C)(C)C1. The summed E-state index contributed by atoms with van der Waals surface area (Å²) >= 11 is 0. The summed E-state index contributed by atoms with van der Waals surface area (Å²) in [7, 11) is 1.83. The predicted octanol–water partition coefficient (Wildman–Crippen LogP) is 2.74. The zero-order valence-electron chi connectivity index (χ0n) is 17.9. The van der Waals surface area contributed by atoms with Gasteiger partial charge in [-0.05, 0) is 43.4 Å². The number of hydrogen-bond donors (Lipinski definition) is 1. The molecule has 2 aliphatic rings. The molecule has 2 aliphatic heterocycles. The standard InChI is InChI=1S/C22H34N4O2/c1-16-13-26(14-17(2)28-16)20(27)19-8-6-18(7-9-19)12-24-21(23-5)25-11-10-22(3,4)15-25/h6-9,16-17H,10-15H2,1-5H3,(H,23,24). The molecule has 2 atom stereocenters. The van der Waals surface area contributed by atoms with E-state index in [4.69, 9.17) is 4.74 Å². The van der Waals surface area contributed by atoms with E-state index in [1.54, 1.807) is 0 Å². The molecule has 1 N–H and O–H groups in total. The zero-order valence-corrected chi connectivity index (χ0v) is 17.9. The van der Waals surface area contributed by atoms with E-state index < -0.39 is 0 Å². The molecule has 0 radical (unpaired) electrons. The van der Waals surface area contributed by atoms with Gasteiger partial charge in [-0.2, -0.15) is 0 Å². The van der Waals surface area contributed by atoms with E-state index >= 15 is 0 Å². The summed E-state index contributed by atoms with van der Waals surface area (Å²) in [5.74, 6) is 1.03. The summed E-state index contributed by atoms with van der Waals surface area (Å²) < 4.78 is 5.72. The maximum Gasteiger partial charge on any atom is 0.254 e. The number of nitrogens with zero attached hydrogens (tertiary/aromatic N) is 3. The minimum absolute atomic E-state index is 0.0802. The van der Waals surface area contributed by atoms with Crippen molar-refractivity contribution in [3.8, 4) is 0 Å². The van der Waals surface area contributed by atoms with E-state index in [2.05, 4.69) is 29.1 Å². The van der Waals surface area contributed by atoms with Crippen molar-refractivity contribution in [2.75, 3.05) is 33.2 Å². The summed E-state index contributed by atoms with van der Waals surface area (Å²) in [5.41, 5.74) is 2.21. The highest BCUT2D eigenvalue weighted by Crippen LogP contribution is 2.28. The average molecular weight is 387 g/mol. The number of carbonyl (C=O) groups is 1. The fourth-order valence-electron chi connectivity index (χ4n) is 4.10. The third-order valence-electron chi connectivity index (χ3n) is 5.55. The van der Waals surface area contributed by atoms with Gasteiger partial charge in [-0.15, -0.1) is 0 Å². The number of likely N-dealkylation sites (tertiary alicyclic amines) is 1. The molecule has 0 aromatic heterocycles. The average Bonchev–Trinajstić information content (AvgIpc) is 3.01. The van der Waals surface area contributed by atoms with E-state index in [0.717, 1.165) is 30.2 Å². The lowest BCUT2D eigenvalue weighted by atomic mass is 9.93. The molecule has 0 aliphatic carbocycles. The molecule has 6 nitrogen and oxygen atoms in total. The van der Waals surface area contributed by atoms with Gasteiger partial charge in [0.25, 0.3) is 5.91 Å². The van der Waals surface area contributed by atoms with Crippen molar-refractivity contribution >= 4 is 11.9 Å². The number of hydrogen-bond acceptors (Lipinski definition) is 3. The molecule has 2 fully saturated rings. The molecule has 1 amide bonds. The van der Waals surface area contributed by atoms with Gasteiger partial charge in [0, 0.05) is 45.3 Å². The van der Waals surface area contributed by atoms with Gasteiger partial charge in [-0.25, -0.2) is 0 Å². The molecule has 0 bridgehead atoms. The Morgan fingerprint density at radius 3 is 2.36 bits per heavy atom. The molecular formula is C22H34N4O2. The normalized spacial score (nSPS) is 25.1. The molecule has 0 spiro atoms. The first-order valence-corrected chi connectivity index (χ1v) is 10.3. The van der Waals surface area contributed by atoms with Crippen LogP contribution in [-0.4, -0.2) is 67.1 Å². The van der Waals surface area contributed by atoms with Crippen LogP contribution in [0.15, 0.2) is 29.3 Å². The molecule has 154 valence electrons. The number of guanidine groups is 1. The van der Waals surface area contributed by atoms with Crippen molar-refractivity contribution < 1.29 is 9.53 Å². The van der Waals surface area contributed by atoms with Crippen LogP contribution in [0, 0.1) is 5.41 Å². The number of benzene rings is 1. The minimum atomic E-state index is 0.0802. The molecule has 2 saturated heterocycles. The number of rotatable bonds is 3. The molecule has 2 heterocycles. The molecule has 28 heavy (non-hydrogen) atoms. The monoisotopic (exact) mass is 386 g/mol. The van der Waals surface area contributed by atoms with Gasteiger partial charge in [0.2, 0.25) is 0 Å². The molecule has 1 aromatic rings. The molecule has 1 aromatic carbocycles. The van der Waals surface area contributed by atoms with Gasteiger partial charge in [0.05, 0.1) is 12.2 Å². The van der Waals surface area contributed by atoms with E-state index in [1.807, 2.05) is 50.1 Å². The van der Waals surface area contributed by atoms with Crippen molar-refractivity contribution in [2.24, 2.45) is 10.4 Å². The number of aliphatic imine (C=N–C) groups is 1. The fourth-order valence-corrected chi connectivity index (χ4v) is 4.10. The lowest BCUT2D eigenvalue weighted by Gasteiger charge is -2.35. The Kier molecular flexibility index (Phi) is 6.28. The van der Waals surface area contributed by atoms with E-state index in [0.29, 0.717) is 25.0 Å². The Morgan fingerprint density at radius 2 is 1.82 bits per heavy atom. The summed E-state index contributed by atoms with van der Waals surface area (Å²) in [6.07, 6.45) is 1.35. The first-order valence-electron chi connectivity index (χ1n) is 10.3. The van der Waals surface area contributed by atoms with Crippen LogP contribution in [0.5, 0.6) is 0 Å². The second kappa shape index (κ2) is 8.52. The lowest BCUT2D eigenvalue weighted by Crippen LogP contribution is -2.48. The maximum absolute atomic E-state index is 12.8. The summed E-state index contributed by atoms with van der Waals surface area (Å²) in [5, 5.41) is 3.45. The van der Waals surface area contributed by atoms with Crippen LogP contribution in [0.4, 0.5) is 0 Å². The number of morpholine rings is 1. The predicted molar refractivity (Wildman–Crippen MR) is 113 cm³/mol. The number of amides is 1. The quantitative estimate of drug-likeness (QED) is 0.641. The van der Waals surface area contributed by atoms with Crippen LogP contribution in [0.3, 0.4) is 0 Å². The van der Waals surface area contributed by atoms with Crippen molar-refractivity contribution in [3.05, 3.63) is 35.4 Å². The second-order valence-corrected chi connectivity index (χ2v) is 8.90. The second-order valence-electron chi connectivity index (χ2n) is 8.90. The van der Waals surface area contributed by atoms with Crippen LogP contribution in [-0.2, 0) is 11.3 Å². The summed E-state index contributed by atoms with van der Waals surface area (Å²) in [4.78, 5) is 21.4. The molecule has 0 saturated carbocycles. The van der Waals surface area contributed by atoms with Gasteiger partial charge in [-0.3, -0.25) is 9.79 Å². The lowest BCUT2D eigenvalue weighted by molar-refractivity contribution is -0.0586. The largest absolute Gasteiger partial charge is 0.372 e. The van der Waals surface area contributed by atoms with Crippen molar-refractivity contribution in [1.29, 1.82) is 0 Å². The van der Waals surface area contributed by atoms with Crippen LogP contribution in [0.1, 0.15) is 50.0 Å². The van der Waals surface area contributed by atoms with Crippen LogP contribution < -0.4 is 5.32 Å². The third kappa shape index (κ3) is 5.04. The van der Waals surface area contributed by atoms with Crippen LogP contribution in [0.2, 0.25) is 0 Å². The zero-order chi connectivity index (χ0) is 20.3. The Morgan fingerprint density at radius 1 is 1.18 bits per heavy atom. The molecular weight excluding hydrogens is 352 g/mol. The molecule has 2 unspecified atom stereocenters. The topological polar surface area (TPSA) is 57.2 Å². The minimum Gasteiger partial charge on any atom is -0.372 e. The van der Waals surface area contributed by atoms with Crippen molar-refractivity contribution in [1.82, 2.24) is 15.1 Å². The molecule has 3 rings (SSSR count). The van der Waals surface area contributed by atoms with Crippen LogP contribution in [0.25, 0.3) is 0 Å². The van der Waals surface area contributed by atoms with E-state index in [9.17, 15) is 4.79 Å². The number of ether oxygens (including phenoxy) is 1. The Hall–Kier alpha value is -2.08. The smallest absolute Gasteiger partial charge is 0.254 e. The fraction of sp³-hybridized carbons (Fsp3) is 0.636. The highest BCUT2D eigenvalue weighted by molar-refractivity contribution is 5.94. The van der Waals surface area contributed by atoms with Crippen molar-refractivity contribution in [3.63, 3.8) is 0 Å². The van der Waals surface area contributed by atoms with Crippen molar-refractivity contribution in [2.45, 2.75) is 52.9 Å². The summed E-state index contributed by atoms with van der Waals surface area (Å²) in [6.45, 7) is 12.7. The van der Waals surface area contributed by atoms with Gasteiger partial charge in [0.1, 0.15) is 0 Å². The van der Waals surface area contributed by atoms with Gasteiger partial charge < -0.3 is 19.9 Å². The number of nitrogens with one attached hydrogen (secondary N) is 1. The van der Waals surface area contributed by atoms with Gasteiger partial charge in [0.15, 0.2) is 5.96 Å². The highest BCUT2D eigenvalue weighted by Gasteiger charge is 2.31. The van der Waals surface area contributed by atoms with E-state index in [-0.39, 0.29) is 18.1 Å². The Bertz CT molecular complexity index is 704. The van der Waals surface area contributed by atoms with Crippen LogP contribution >= 0.6 is 0 Å². The maximum atomic E-state index is 12.8.